The van der Waals surface area contributed by atoms with Gasteiger partial charge < -0.3 is 15.2 Å². The van der Waals surface area contributed by atoms with Gasteiger partial charge in [0.1, 0.15) is 0 Å². The third-order valence-corrected chi connectivity index (χ3v) is 3.37. The molecular weight excluding hydrogens is 214 g/mol. The summed E-state index contributed by atoms with van der Waals surface area (Å²) in [5.41, 5.74) is 1.25. The standard InChI is InChI=1S/C14H21NO2/c1-10-8-13(14(16)9-17-10)15-11(2)12-6-4-3-5-7-12/h3-7,10-11,13-16H,8-9H2,1-2H3/t10-,11-,13-,14-/m0/s1. The summed E-state index contributed by atoms with van der Waals surface area (Å²) < 4.78 is 5.42. The second-order valence-corrected chi connectivity index (χ2v) is 4.85. The maximum atomic E-state index is 9.90. The van der Waals surface area contributed by atoms with Crippen LogP contribution < -0.4 is 5.32 Å². The highest BCUT2D eigenvalue weighted by atomic mass is 16.5. The summed E-state index contributed by atoms with van der Waals surface area (Å²) in [6.45, 7) is 4.61. The Bertz CT molecular complexity index is 341. The summed E-state index contributed by atoms with van der Waals surface area (Å²) in [4.78, 5) is 0. The zero-order valence-electron chi connectivity index (χ0n) is 10.5. The topological polar surface area (TPSA) is 41.5 Å². The quantitative estimate of drug-likeness (QED) is 0.840. The highest BCUT2D eigenvalue weighted by molar-refractivity contribution is 5.18. The van der Waals surface area contributed by atoms with Gasteiger partial charge in [-0.3, -0.25) is 0 Å². The Morgan fingerprint density at radius 1 is 1.35 bits per heavy atom. The molecule has 1 fully saturated rings. The summed E-state index contributed by atoms with van der Waals surface area (Å²) in [7, 11) is 0. The summed E-state index contributed by atoms with van der Waals surface area (Å²) in [6.07, 6.45) is 0.675. The lowest BCUT2D eigenvalue weighted by Crippen LogP contribution is -2.49. The van der Waals surface area contributed by atoms with Crippen LogP contribution in [0.3, 0.4) is 0 Å². The Labute approximate surface area is 103 Å². The van der Waals surface area contributed by atoms with Gasteiger partial charge in [-0.2, -0.15) is 0 Å². The number of benzene rings is 1. The Balaban J connectivity index is 1.96. The number of ether oxygens (including phenoxy) is 1. The molecule has 1 saturated heterocycles. The Morgan fingerprint density at radius 2 is 2.06 bits per heavy atom. The van der Waals surface area contributed by atoms with Crippen molar-refractivity contribution >= 4 is 0 Å². The van der Waals surface area contributed by atoms with Gasteiger partial charge in [0.15, 0.2) is 0 Å². The molecule has 1 aromatic carbocycles. The fraction of sp³-hybridized carbons (Fsp3) is 0.571. The predicted octanol–water partition coefficient (Wildman–Crippen LogP) is 1.88. The first-order valence-electron chi connectivity index (χ1n) is 6.27. The zero-order chi connectivity index (χ0) is 12.3. The molecule has 0 aromatic heterocycles. The van der Waals surface area contributed by atoms with Crippen molar-refractivity contribution in [1.82, 2.24) is 5.32 Å². The van der Waals surface area contributed by atoms with Gasteiger partial charge in [-0.25, -0.2) is 0 Å². The van der Waals surface area contributed by atoms with Gasteiger partial charge in [0, 0.05) is 12.1 Å². The van der Waals surface area contributed by atoms with Crippen LogP contribution >= 0.6 is 0 Å². The first-order valence-corrected chi connectivity index (χ1v) is 6.27. The fourth-order valence-electron chi connectivity index (χ4n) is 2.30. The molecule has 17 heavy (non-hydrogen) atoms. The average molecular weight is 235 g/mol. The van der Waals surface area contributed by atoms with Gasteiger partial charge in [-0.1, -0.05) is 30.3 Å². The third-order valence-electron chi connectivity index (χ3n) is 3.37. The Hall–Kier alpha value is -0.900. The van der Waals surface area contributed by atoms with Gasteiger partial charge in [-0.15, -0.1) is 0 Å². The van der Waals surface area contributed by atoms with Crippen molar-refractivity contribution in [2.24, 2.45) is 0 Å². The second-order valence-electron chi connectivity index (χ2n) is 4.85. The number of aliphatic hydroxyl groups is 1. The molecule has 0 saturated carbocycles. The van der Waals surface area contributed by atoms with Crippen molar-refractivity contribution in [2.75, 3.05) is 6.61 Å². The Kier molecular flexibility index (Phi) is 4.15. The van der Waals surface area contributed by atoms with Crippen molar-refractivity contribution in [3.8, 4) is 0 Å². The smallest absolute Gasteiger partial charge is 0.0927 e. The minimum atomic E-state index is -0.405. The molecule has 1 aromatic rings. The zero-order valence-corrected chi connectivity index (χ0v) is 10.5. The molecular formula is C14H21NO2. The normalized spacial score (nSPS) is 31.1. The molecule has 1 aliphatic heterocycles. The summed E-state index contributed by atoms with van der Waals surface area (Å²) in [5, 5.41) is 13.4. The van der Waals surface area contributed by atoms with E-state index in [-0.39, 0.29) is 18.2 Å². The van der Waals surface area contributed by atoms with Crippen molar-refractivity contribution in [2.45, 2.75) is 44.6 Å². The summed E-state index contributed by atoms with van der Waals surface area (Å²) in [5.74, 6) is 0. The van der Waals surface area contributed by atoms with Gasteiger partial charge >= 0.3 is 0 Å². The molecule has 2 rings (SSSR count). The maximum absolute atomic E-state index is 9.90. The van der Waals surface area contributed by atoms with Crippen LogP contribution in [0.2, 0.25) is 0 Å². The van der Waals surface area contributed by atoms with E-state index in [9.17, 15) is 5.11 Å². The van der Waals surface area contributed by atoms with Crippen LogP contribution in [0.5, 0.6) is 0 Å². The number of aliphatic hydroxyl groups excluding tert-OH is 1. The summed E-state index contributed by atoms with van der Waals surface area (Å²) >= 11 is 0. The molecule has 2 N–H and O–H groups in total. The Morgan fingerprint density at radius 3 is 2.76 bits per heavy atom. The molecule has 0 bridgehead atoms. The van der Waals surface area contributed by atoms with Crippen LogP contribution in [-0.2, 0) is 4.74 Å². The van der Waals surface area contributed by atoms with Gasteiger partial charge in [0.25, 0.3) is 0 Å². The van der Waals surface area contributed by atoms with E-state index < -0.39 is 6.10 Å². The van der Waals surface area contributed by atoms with E-state index in [1.54, 1.807) is 0 Å². The lowest BCUT2D eigenvalue weighted by Gasteiger charge is -2.34. The highest BCUT2D eigenvalue weighted by Gasteiger charge is 2.28. The third kappa shape index (κ3) is 3.28. The van der Waals surface area contributed by atoms with Crippen LogP contribution in [0.15, 0.2) is 30.3 Å². The molecule has 0 radical (unpaired) electrons. The van der Waals surface area contributed by atoms with Crippen LogP contribution in [0, 0.1) is 0 Å². The van der Waals surface area contributed by atoms with E-state index in [1.165, 1.54) is 5.56 Å². The second kappa shape index (κ2) is 5.63. The molecule has 4 atom stereocenters. The number of hydrogen-bond acceptors (Lipinski definition) is 3. The molecule has 3 nitrogen and oxygen atoms in total. The first kappa shape index (κ1) is 12.6. The van der Waals surface area contributed by atoms with Crippen molar-refractivity contribution < 1.29 is 9.84 Å². The van der Waals surface area contributed by atoms with Gasteiger partial charge in [0.05, 0.1) is 18.8 Å². The predicted molar refractivity (Wildman–Crippen MR) is 67.8 cm³/mol. The maximum Gasteiger partial charge on any atom is 0.0927 e. The highest BCUT2D eigenvalue weighted by Crippen LogP contribution is 2.19. The van der Waals surface area contributed by atoms with E-state index >= 15 is 0 Å². The molecule has 0 unspecified atom stereocenters. The van der Waals surface area contributed by atoms with E-state index in [4.69, 9.17) is 4.74 Å². The largest absolute Gasteiger partial charge is 0.389 e. The summed E-state index contributed by atoms with van der Waals surface area (Å²) in [6, 6.07) is 10.7. The van der Waals surface area contributed by atoms with Crippen molar-refractivity contribution in [3.05, 3.63) is 35.9 Å². The van der Waals surface area contributed by atoms with E-state index in [2.05, 4.69) is 24.4 Å². The van der Waals surface area contributed by atoms with Crippen molar-refractivity contribution in [3.63, 3.8) is 0 Å². The molecule has 3 heteroatoms. The van der Waals surface area contributed by atoms with E-state index in [0.717, 1.165) is 6.42 Å². The van der Waals surface area contributed by atoms with Crippen molar-refractivity contribution in [1.29, 1.82) is 0 Å². The van der Waals surface area contributed by atoms with Crippen LogP contribution in [0.1, 0.15) is 31.9 Å². The lowest BCUT2D eigenvalue weighted by molar-refractivity contribution is -0.0681. The van der Waals surface area contributed by atoms with Crippen LogP contribution in [0.4, 0.5) is 0 Å². The van der Waals surface area contributed by atoms with Gasteiger partial charge in [-0.05, 0) is 25.8 Å². The van der Waals surface area contributed by atoms with E-state index in [1.807, 2.05) is 25.1 Å². The molecule has 0 aliphatic carbocycles. The van der Waals surface area contributed by atoms with Crippen LogP contribution in [0.25, 0.3) is 0 Å². The first-order chi connectivity index (χ1) is 8.16. The van der Waals surface area contributed by atoms with Crippen LogP contribution in [-0.4, -0.2) is 30.0 Å². The molecule has 1 heterocycles. The average Bonchev–Trinajstić information content (AvgIpc) is 2.35. The molecule has 0 amide bonds. The molecule has 0 spiro atoms. The molecule has 1 aliphatic rings. The minimum Gasteiger partial charge on any atom is -0.389 e. The van der Waals surface area contributed by atoms with E-state index in [0.29, 0.717) is 6.61 Å². The number of rotatable bonds is 3. The molecule has 94 valence electrons. The monoisotopic (exact) mass is 235 g/mol. The number of nitrogens with one attached hydrogen (secondary N) is 1. The minimum absolute atomic E-state index is 0.119. The lowest BCUT2D eigenvalue weighted by atomic mass is 9.99. The SMILES string of the molecule is C[C@H](N[C@H]1C[C@H](C)OC[C@@H]1O)c1ccccc1. The van der Waals surface area contributed by atoms with Gasteiger partial charge in [0.2, 0.25) is 0 Å². The number of hydrogen-bond donors (Lipinski definition) is 2. The fourth-order valence-corrected chi connectivity index (χ4v) is 2.30.